The molecule has 5 nitrogen and oxygen atoms in total. The largest absolute Gasteiger partial charge is 0.506 e. The minimum absolute atomic E-state index is 0.0230. The van der Waals surface area contributed by atoms with E-state index in [1.807, 2.05) is 0 Å². The van der Waals surface area contributed by atoms with Crippen molar-refractivity contribution in [2.75, 3.05) is 7.11 Å². The minimum Gasteiger partial charge on any atom is -0.506 e. The third-order valence-electron chi connectivity index (χ3n) is 3.67. The average Bonchev–Trinajstić information content (AvgIpc) is 2.98. The van der Waals surface area contributed by atoms with Crippen LogP contribution in [0.4, 0.5) is 5.69 Å². The van der Waals surface area contributed by atoms with E-state index in [2.05, 4.69) is 11.1 Å². The van der Waals surface area contributed by atoms with E-state index in [1.165, 1.54) is 7.11 Å². The number of hydrogen-bond acceptors (Lipinski definition) is 6. The Morgan fingerprint density at radius 2 is 2.07 bits per heavy atom. The second-order valence-corrected chi connectivity index (χ2v) is 6.87. The number of thioether (sulfide) groups is 1. The van der Waals surface area contributed by atoms with Gasteiger partial charge in [-0.3, -0.25) is 0 Å². The van der Waals surface area contributed by atoms with Crippen molar-refractivity contribution in [3.8, 4) is 6.07 Å². The zero-order valence-electron chi connectivity index (χ0n) is 14.1. The molecule has 0 atom stereocenters. The topological polar surface area (TPSA) is 82.7 Å². The molecule has 1 aliphatic rings. The van der Waals surface area contributed by atoms with E-state index >= 15 is 0 Å². The Labute approximate surface area is 165 Å². The van der Waals surface area contributed by atoms with Crippen LogP contribution >= 0.6 is 23.4 Å². The van der Waals surface area contributed by atoms with Crippen LogP contribution in [-0.4, -0.2) is 23.2 Å². The molecule has 0 aromatic heterocycles. The van der Waals surface area contributed by atoms with Crippen molar-refractivity contribution >= 4 is 46.1 Å². The highest BCUT2D eigenvalue weighted by Crippen LogP contribution is 2.41. The Morgan fingerprint density at radius 3 is 2.78 bits per heavy atom. The fraction of sp³-hybridized carbons (Fsp3) is 0.0500. The molecule has 27 heavy (non-hydrogen) atoms. The lowest BCUT2D eigenvalue weighted by Gasteiger charge is -2.03. The number of nitriles is 1. The first kappa shape index (κ1) is 18.8. The molecule has 1 heterocycles. The van der Waals surface area contributed by atoms with Gasteiger partial charge in [0.2, 0.25) is 0 Å². The molecular formula is C20H13ClN2O3S. The number of para-hydroxylation sites is 1. The van der Waals surface area contributed by atoms with Gasteiger partial charge in [0, 0.05) is 0 Å². The number of aliphatic hydroxyl groups excluding tert-OH is 1. The number of aliphatic hydroxyl groups is 1. The highest BCUT2D eigenvalue weighted by atomic mass is 35.5. The number of carbonyl (C=O) groups excluding carboxylic acids is 1. The Morgan fingerprint density at radius 1 is 1.30 bits per heavy atom. The van der Waals surface area contributed by atoms with Gasteiger partial charge in [-0.25, -0.2) is 9.79 Å². The van der Waals surface area contributed by atoms with E-state index in [0.717, 1.165) is 11.8 Å². The van der Waals surface area contributed by atoms with E-state index in [1.54, 1.807) is 54.6 Å². The van der Waals surface area contributed by atoms with Gasteiger partial charge in [-0.1, -0.05) is 47.6 Å². The quantitative estimate of drug-likeness (QED) is 0.737. The molecule has 3 rings (SSSR count). The summed E-state index contributed by atoms with van der Waals surface area (Å²) < 4.78 is 4.78. The van der Waals surface area contributed by atoms with Gasteiger partial charge in [0.05, 0.1) is 34.4 Å². The molecule has 0 amide bonds. The molecule has 1 N–H and O–H groups in total. The second-order valence-electron chi connectivity index (χ2n) is 5.43. The maximum atomic E-state index is 12.2. The molecule has 0 saturated carbocycles. The normalized spacial score (nSPS) is 16.6. The average molecular weight is 397 g/mol. The molecule has 0 radical (unpaired) electrons. The number of halogens is 1. The molecule has 7 heteroatoms. The standard InChI is InChI=1S/C20H13ClN2O3S/c1-26-20(25)17-18(24)16(10-12-5-4-6-13(9-12)11-22)27-19(17)23-15-8-3-2-7-14(15)21/h2-10,24H,1H3/b16-10+,23-19?. The number of esters is 1. The predicted molar refractivity (Wildman–Crippen MR) is 107 cm³/mol. The van der Waals surface area contributed by atoms with Crippen molar-refractivity contribution in [3.05, 3.63) is 80.9 Å². The molecule has 0 aliphatic carbocycles. The SMILES string of the molecule is COC(=O)C1=C(O)/C(=C\c2cccc(C#N)c2)SC1=Nc1ccccc1Cl. The van der Waals surface area contributed by atoms with Crippen LogP contribution in [-0.2, 0) is 9.53 Å². The molecule has 0 fully saturated rings. The fourth-order valence-corrected chi connectivity index (χ4v) is 3.60. The summed E-state index contributed by atoms with van der Waals surface area (Å²) in [7, 11) is 1.23. The van der Waals surface area contributed by atoms with Crippen LogP contribution in [0.1, 0.15) is 11.1 Å². The molecule has 1 aliphatic heterocycles. The van der Waals surface area contributed by atoms with Crippen LogP contribution in [0.25, 0.3) is 6.08 Å². The third-order valence-corrected chi connectivity index (χ3v) is 5.01. The Bertz CT molecular complexity index is 1050. The van der Waals surface area contributed by atoms with Crippen LogP contribution in [0.15, 0.2) is 69.8 Å². The van der Waals surface area contributed by atoms with Crippen molar-refractivity contribution < 1.29 is 14.6 Å². The molecule has 2 aromatic rings. The first-order valence-corrected chi connectivity index (χ1v) is 8.98. The van der Waals surface area contributed by atoms with Gasteiger partial charge in [-0.05, 0) is 35.9 Å². The summed E-state index contributed by atoms with van der Waals surface area (Å²) in [6.45, 7) is 0. The van der Waals surface area contributed by atoms with Crippen molar-refractivity contribution in [1.29, 1.82) is 5.26 Å². The number of nitrogens with zero attached hydrogens (tertiary/aromatic N) is 2. The van der Waals surface area contributed by atoms with Gasteiger partial charge in [0.1, 0.15) is 16.4 Å². The van der Waals surface area contributed by atoms with Gasteiger partial charge in [-0.15, -0.1) is 0 Å². The molecule has 134 valence electrons. The summed E-state index contributed by atoms with van der Waals surface area (Å²) in [5.74, 6) is -0.917. The van der Waals surface area contributed by atoms with E-state index in [-0.39, 0.29) is 16.4 Å². The van der Waals surface area contributed by atoms with E-state index in [4.69, 9.17) is 21.6 Å². The van der Waals surface area contributed by atoms with Crippen molar-refractivity contribution in [2.24, 2.45) is 4.99 Å². The molecule has 0 bridgehead atoms. The van der Waals surface area contributed by atoms with Gasteiger partial charge in [0.25, 0.3) is 0 Å². The lowest BCUT2D eigenvalue weighted by Crippen LogP contribution is -2.10. The van der Waals surface area contributed by atoms with Crippen LogP contribution in [0, 0.1) is 11.3 Å². The van der Waals surface area contributed by atoms with Gasteiger partial charge in [-0.2, -0.15) is 5.26 Å². The minimum atomic E-state index is -0.694. The zero-order valence-corrected chi connectivity index (χ0v) is 15.7. The van der Waals surface area contributed by atoms with Crippen LogP contribution < -0.4 is 0 Å². The Kier molecular flexibility index (Phi) is 5.65. The maximum absolute atomic E-state index is 12.2. The highest BCUT2D eigenvalue weighted by molar-refractivity contribution is 8.18. The van der Waals surface area contributed by atoms with E-state index < -0.39 is 5.97 Å². The number of rotatable bonds is 3. The lowest BCUT2D eigenvalue weighted by molar-refractivity contribution is -0.135. The van der Waals surface area contributed by atoms with E-state index in [9.17, 15) is 9.90 Å². The molecule has 0 unspecified atom stereocenters. The smallest absolute Gasteiger partial charge is 0.344 e. The Hall–Kier alpha value is -3.01. The number of hydrogen-bond donors (Lipinski definition) is 1. The first-order valence-electron chi connectivity index (χ1n) is 7.78. The lowest BCUT2D eigenvalue weighted by atomic mass is 10.1. The maximum Gasteiger partial charge on any atom is 0.344 e. The van der Waals surface area contributed by atoms with Gasteiger partial charge >= 0.3 is 5.97 Å². The summed E-state index contributed by atoms with van der Waals surface area (Å²) in [5, 5.41) is 20.3. The summed E-state index contributed by atoms with van der Waals surface area (Å²) in [6.07, 6.45) is 1.68. The number of methoxy groups -OCH3 is 1. The van der Waals surface area contributed by atoms with Crippen LogP contribution in [0.3, 0.4) is 0 Å². The second kappa shape index (κ2) is 8.12. The molecule has 2 aromatic carbocycles. The van der Waals surface area contributed by atoms with Crippen LogP contribution in [0.2, 0.25) is 5.02 Å². The van der Waals surface area contributed by atoms with Gasteiger partial charge < -0.3 is 9.84 Å². The van der Waals surface area contributed by atoms with Crippen molar-refractivity contribution in [2.45, 2.75) is 0 Å². The number of benzene rings is 2. The van der Waals surface area contributed by atoms with Crippen molar-refractivity contribution in [3.63, 3.8) is 0 Å². The molecular weight excluding hydrogens is 384 g/mol. The summed E-state index contributed by atoms with van der Waals surface area (Å²) >= 11 is 7.27. The van der Waals surface area contributed by atoms with Gasteiger partial charge in [0.15, 0.2) is 0 Å². The number of aliphatic imine (C=N–C) groups is 1. The number of carbonyl (C=O) groups is 1. The van der Waals surface area contributed by atoms with Crippen LogP contribution in [0.5, 0.6) is 0 Å². The number of ether oxygens (including phenoxy) is 1. The highest BCUT2D eigenvalue weighted by Gasteiger charge is 2.33. The first-order chi connectivity index (χ1) is 13.0. The fourth-order valence-electron chi connectivity index (χ4n) is 2.39. The van der Waals surface area contributed by atoms with Crippen molar-refractivity contribution in [1.82, 2.24) is 0 Å². The molecule has 0 saturated heterocycles. The zero-order chi connectivity index (χ0) is 19.4. The predicted octanol–water partition coefficient (Wildman–Crippen LogP) is 5.01. The monoisotopic (exact) mass is 396 g/mol. The van der Waals surface area contributed by atoms with E-state index in [0.29, 0.717) is 26.7 Å². The third kappa shape index (κ3) is 4.05. The summed E-state index contributed by atoms with van der Waals surface area (Å²) in [6, 6.07) is 15.9. The summed E-state index contributed by atoms with van der Waals surface area (Å²) in [5.41, 5.74) is 1.66. The molecule has 0 spiro atoms. The Balaban J connectivity index is 2.07. The summed E-state index contributed by atoms with van der Waals surface area (Å²) in [4.78, 5) is 17.0.